The van der Waals surface area contributed by atoms with E-state index in [1.807, 2.05) is 0 Å². The minimum atomic E-state index is -0.514. The van der Waals surface area contributed by atoms with Crippen molar-refractivity contribution >= 4 is 23.4 Å². The number of halogens is 1. The summed E-state index contributed by atoms with van der Waals surface area (Å²) in [7, 11) is 0. The third kappa shape index (κ3) is 3.42. The van der Waals surface area contributed by atoms with E-state index in [0.717, 1.165) is 0 Å². The molecule has 9 heteroatoms. The van der Waals surface area contributed by atoms with Crippen molar-refractivity contribution in [1.29, 1.82) is 0 Å². The van der Waals surface area contributed by atoms with Gasteiger partial charge in [0, 0.05) is 32.2 Å². The number of carbonyl (C=O) groups excluding carboxylic acids is 3. The maximum atomic E-state index is 13.6. The molecule has 1 saturated heterocycles. The number of fused-ring (bicyclic) bond motifs is 1. The number of ether oxygens (including phenoxy) is 1. The van der Waals surface area contributed by atoms with E-state index in [1.165, 1.54) is 29.4 Å². The minimum Gasteiger partial charge on any atom is -0.482 e. The molecule has 28 heavy (non-hydrogen) atoms. The second-order valence-corrected chi connectivity index (χ2v) is 6.53. The number of furan rings is 1. The molecule has 146 valence electrons. The molecule has 0 bridgehead atoms. The zero-order valence-corrected chi connectivity index (χ0v) is 15.0. The Labute approximate surface area is 160 Å². The number of hydrogen-bond donors (Lipinski definition) is 0. The first-order valence-corrected chi connectivity index (χ1v) is 8.86. The van der Waals surface area contributed by atoms with Crippen molar-refractivity contribution in [2.45, 2.75) is 0 Å². The number of amides is 3. The van der Waals surface area contributed by atoms with Crippen LogP contribution >= 0.6 is 0 Å². The van der Waals surface area contributed by atoms with Crippen LogP contribution in [0.1, 0.15) is 10.6 Å². The van der Waals surface area contributed by atoms with E-state index in [1.54, 1.807) is 21.9 Å². The quantitative estimate of drug-likeness (QED) is 0.789. The number of anilines is 1. The molecule has 2 aliphatic rings. The summed E-state index contributed by atoms with van der Waals surface area (Å²) in [5.41, 5.74) is 0.247. The summed E-state index contributed by atoms with van der Waals surface area (Å²) in [6.07, 6.45) is 1.44. The van der Waals surface area contributed by atoms with Crippen molar-refractivity contribution in [1.82, 2.24) is 9.80 Å². The molecule has 0 N–H and O–H groups in total. The SMILES string of the molecule is O=C(CN1C(=O)COc2ccc(F)cc21)N1CCN(C(=O)c2ccco2)CC1. The Morgan fingerprint density at radius 3 is 2.54 bits per heavy atom. The Hall–Kier alpha value is -3.36. The number of nitrogens with zero attached hydrogens (tertiary/aromatic N) is 3. The summed E-state index contributed by atoms with van der Waals surface area (Å²) < 4.78 is 24.0. The van der Waals surface area contributed by atoms with Crippen molar-refractivity contribution in [2.24, 2.45) is 0 Å². The Morgan fingerprint density at radius 1 is 1.07 bits per heavy atom. The molecule has 2 aliphatic heterocycles. The molecular weight excluding hydrogens is 369 g/mol. The van der Waals surface area contributed by atoms with Crippen LogP contribution in [0.4, 0.5) is 10.1 Å². The second-order valence-electron chi connectivity index (χ2n) is 6.53. The van der Waals surface area contributed by atoms with Crippen LogP contribution in [0.2, 0.25) is 0 Å². The van der Waals surface area contributed by atoms with Crippen molar-refractivity contribution < 1.29 is 27.9 Å². The van der Waals surface area contributed by atoms with Gasteiger partial charge in [-0.1, -0.05) is 0 Å². The zero-order chi connectivity index (χ0) is 19.7. The zero-order valence-electron chi connectivity index (χ0n) is 15.0. The van der Waals surface area contributed by atoms with Gasteiger partial charge >= 0.3 is 0 Å². The molecule has 2 aromatic rings. The minimum absolute atomic E-state index is 0.197. The van der Waals surface area contributed by atoms with Gasteiger partial charge in [-0.3, -0.25) is 19.3 Å². The molecule has 0 atom stereocenters. The highest BCUT2D eigenvalue weighted by Gasteiger charge is 2.31. The fourth-order valence-corrected chi connectivity index (χ4v) is 3.30. The Bertz CT molecular complexity index is 906. The van der Waals surface area contributed by atoms with Crippen LogP contribution in [0, 0.1) is 5.82 Å². The lowest BCUT2D eigenvalue weighted by atomic mass is 10.2. The van der Waals surface area contributed by atoms with Gasteiger partial charge in [0.2, 0.25) is 5.91 Å². The third-order valence-electron chi connectivity index (χ3n) is 4.81. The fraction of sp³-hybridized carbons (Fsp3) is 0.316. The fourth-order valence-electron chi connectivity index (χ4n) is 3.30. The number of benzene rings is 1. The van der Waals surface area contributed by atoms with Crippen LogP contribution in [0.15, 0.2) is 41.0 Å². The molecular formula is C19H18FN3O5. The highest BCUT2D eigenvalue weighted by Crippen LogP contribution is 2.32. The maximum absolute atomic E-state index is 13.6. The Morgan fingerprint density at radius 2 is 1.82 bits per heavy atom. The van der Waals surface area contributed by atoms with E-state index in [0.29, 0.717) is 31.9 Å². The molecule has 0 aliphatic carbocycles. The summed E-state index contributed by atoms with van der Waals surface area (Å²) in [5.74, 6) is -0.780. The molecule has 3 heterocycles. The van der Waals surface area contributed by atoms with Crippen molar-refractivity contribution in [3.63, 3.8) is 0 Å². The topological polar surface area (TPSA) is 83.3 Å². The van der Waals surface area contributed by atoms with E-state index < -0.39 is 11.7 Å². The lowest BCUT2D eigenvalue weighted by Crippen LogP contribution is -2.53. The highest BCUT2D eigenvalue weighted by molar-refractivity contribution is 6.02. The third-order valence-corrected chi connectivity index (χ3v) is 4.81. The molecule has 3 amide bonds. The van der Waals surface area contributed by atoms with Gasteiger partial charge in [-0.05, 0) is 24.3 Å². The Balaban J connectivity index is 1.39. The van der Waals surface area contributed by atoms with Crippen molar-refractivity contribution in [2.75, 3.05) is 44.2 Å². The number of piperazine rings is 1. The summed E-state index contributed by atoms with van der Waals surface area (Å²) in [6, 6.07) is 7.10. The van der Waals surface area contributed by atoms with Gasteiger partial charge in [0.25, 0.3) is 11.8 Å². The summed E-state index contributed by atoms with van der Waals surface area (Å²) in [5, 5.41) is 0. The molecule has 1 fully saturated rings. The predicted octanol–water partition coefficient (Wildman–Crippen LogP) is 1.13. The number of rotatable bonds is 3. The molecule has 8 nitrogen and oxygen atoms in total. The first-order valence-electron chi connectivity index (χ1n) is 8.86. The van der Waals surface area contributed by atoms with Gasteiger partial charge in [-0.15, -0.1) is 0 Å². The van der Waals surface area contributed by atoms with Crippen LogP contribution in [-0.4, -0.2) is 66.9 Å². The standard InChI is InChI=1S/C19H18FN3O5/c20-13-3-4-15-14(10-13)23(18(25)12-28-15)11-17(24)21-5-7-22(8-6-21)19(26)16-2-1-9-27-16/h1-4,9-10H,5-8,11-12H2. The van der Waals surface area contributed by atoms with Gasteiger partial charge in [0.1, 0.15) is 18.1 Å². The van der Waals surface area contributed by atoms with E-state index in [2.05, 4.69) is 0 Å². The monoisotopic (exact) mass is 387 g/mol. The van der Waals surface area contributed by atoms with Crippen molar-refractivity contribution in [3.8, 4) is 5.75 Å². The molecule has 1 aromatic heterocycles. The first kappa shape index (κ1) is 18.0. The van der Waals surface area contributed by atoms with E-state index in [-0.39, 0.29) is 36.4 Å². The van der Waals surface area contributed by atoms with Crippen LogP contribution in [0.25, 0.3) is 0 Å². The average molecular weight is 387 g/mol. The van der Waals surface area contributed by atoms with E-state index in [4.69, 9.17) is 9.15 Å². The molecule has 1 aromatic carbocycles. The first-order chi connectivity index (χ1) is 13.5. The molecule has 0 unspecified atom stereocenters. The summed E-state index contributed by atoms with van der Waals surface area (Å²) >= 11 is 0. The second kappa shape index (κ2) is 7.34. The van der Waals surface area contributed by atoms with Gasteiger partial charge in [-0.25, -0.2) is 4.39 Å². The average Bonchev–Trinajstić information content (AvgIpc) is 3.24. The molecule has 0 saturated carbocycles. The van der Waals surface area contributed by atoms with Crippen LogP contribution in [0.3, 0.4) is 0 Å². The van der Waals surface area contributed by atoms with Crippen molar-refractivity contribution in [3.05, 3.63) is 48.2 Å². The highest BCUT2D eigenvalue weighted by atomic mass is 19.1. The number of carbonyl (C=O) groups is 3. The lowest BCUT2D eigenvalue weighted by Gasteiger charge is -2.36. The Kier molecular flexibility index (Phi) is 4.72. The largest absolute Gasteiger partial charge is 0.482 e. The maximum Gasteiger partial charge on any atom is 0.289 e. The van der Waals surface area contributed by atoms with Gasteiger partial charge in [0.15, 0.2) is 12.4 Å². The normalized spacial score (nSPS) is 16.6. The molecule has 0 radical (unpaired) electrons. The lowest BCUT2D eigenvalue weighted by molar-refractivity contribution is -0.133. The van der Waals surface area contributed by atoms with Gasteiger partial charge < -0.3 is 19.0 Å². The molecule has 4 rings (SSSR count). The van der Waals surface area contributed by atoms with Crippen LogP contribution < -0.4 is 9.64 Å². The predicted molar refractivity (Wildman–Crippen MR) is 95.4 cm³/mol. The smallest absolute Gasteiger partial charge is 0.289 e. The summed E-state index contributed by atoms with van der Waals surface area (Å²) in [6.45, 7) is 1.03. The van der Waals surface area contributed by atoms with E-state index >= 15 is 0 Å². The molecule has 0 spiro atoms. The summed E-state index contributed by atoms with van der Waals surface area (Å²) in [4.78, 5) is 41.6. The van der Waals surface area contributed by atoms with Crippen LogP contribution in [0.5, 0.6) is 5.75 Å². The van der Waals surface area contributed by atoms with E-state index in [9.17, 15) is 18.8 Å². The number of hydrogen-bond acceptors (Lipinski definition) is 5. The van der Waals surface area contributed by atoms with Gasteiger partial charge in [0.05, 0.1) is 12.0 Å². The van der Waals surface area contributed by atoms with Crippen LogP contribution in [-0.2, 0) is 9.59 Å². The van der Waals surface area contributed by atoms with Gasteiger partial charge in [-0.2, -0.15) is 0 Å².